The first-order valence-corrected chi connectivity index (χ1v) is 5.23. The molecule has 0 aromatic rings. The van der Waals surface area contributed by atoms with Gasteiger partial charge < -0.3 is 9.84 Å². The summed E-state index contributed by atoms with van der Waals surface area (Å²) >= 11 is 0. The third-order valence-corrected chi connectivity index (χ3v) is 2.53. The predicted octanol–water partition coefficient (Wildman–Crippen LogP) is 2.27. The molecule has 0 radical (unpaired) electrons. The molecule has 1 aliphatic rings. The minimum atomic E-state index is -0.195. The number of hydrogen-bond acceptors (Lipinski definition) is 2. The Morgan fingerprint density at radius 2 is 2.46 bits per heavy atom. The number of rotatable bonds is 6. The molecule has 2 unspecified atom stereocenters. The van der Waals surface area contributed by atoms with Gasteiger partial charge in [-0.05, 0) is 38.5 Å². The van der Waals surface area contributed by atoms with Gasteiger partial charge in [-0.15, -0.1) is 6.58 Å². The van der Waals surface area contributed by atoms with E-state index >= 15 is 0 Å². The summed E-state index contributed by atoms with van der Waals surface area (Å²) in [4.78, 5) is 0. The summed E-state index contributed by atoms with van der Waals surface area (Å²) in [5.41, 5.74) is 0. The summed E-state index contributed by atoms with van der Waals surface area (Å²) in [6.07, 6.45) is 8.23. The fraction of sp³-hybridized carbons (Fsp3) is 0.818. The van der Waals surface area contributed by atoms with Gasteiger partial charge in [0.25, 0.3) is 0 Å². The standard InChI is InChI=1S/C11H20O2/c1-2-5-10(12)6-3-7-11-8-4-9-13-11/h2,10-12H,1,3-9H2. The Kier molecular flexibility index (Phi) is 5.09. The zero-order valence-electron chi connectivity index (χ0n) is 8.24. The summed E-state index contributed by atoms with van der Waals surface area (Å²) in [6, 6.07) is 0. The van der Waals surface area contributed by atoms with Gasteiger partial charge in [-0.3, -0.25) is 0 Å². The highest BCUT2D eigenvalue weighted by molar-refractivity contribution is 4.73. The van der Waals surface area contributed by atoms with Crippen molar-refractivity contribution in [3.8, 4) is 0 Å². The van der Waals surface area contributed by atoms with Gasteiger partial charge in [0, 0.05) is 6.61 Å². The minimum Gasteiger partial charge on any atom is -0.393 e. The first-order chi connectivity index (χ1) is 6.33. The second kappa shape index (κ2) is 6.17. The highest BCUT2D eigenvalue weighted by Gasteiger charge is 2.15. The van der Waals surface area contributed by atoms with Crippen LogP contribution in [0, 0.1) is 0 Å². The molecule has 1 aliphatic heterocycles. The van der Waals surface area contributed by atoms with E-state index in [2.05, 4.69) is 6.58 Å². The highest BCUT2D eigenvalue weighted by Crippen LogP contribution is 2.18. The molecule has 0 bridgehead atoms. The molecule has 2 atom stereocenters. The Balaban J connectivity index is 1.96. The van der Waals surface area contributed by atoms with Crippen molar-refractivity contribution >= 4 is 0 Å². The Morgan fingerprint density at radius 3 is 3.08 bits per heavy atom. The van der Waals surface area contributed by atoms with Crippen LogP contribution in [0.4, 0.5) is 0 Å². The Bertz CT molecular complexity index is 139. The lowest BCUT2D eigenvalue weighted by molar-refractivity contribution is 0.0948. The Labute approximate surface area is 80.6 Å². The third-order valence-electron chi connectivity index (χ3n) is 2.53. The Morgan fingerprint density at radius 1 is 1.62 bits per heavy atom. The Hall–Kier alpha value is -0.340. The molecule has 2 nitrogen and oxygen atoms in total. The fourth-order valence-electron chi connectivity index (χ4n) is 1.76. The number of hydrogen-bond donors (Lipinski definition) is 1. The maximum Gasteiger partial charge on any atom is 0.0576 e. The summed E-state index contributed by atoms with van der Waals surface area (Å²) in [6.45, 7) is 4.53. The maximum absolute atomic E-state index is 9.41. The van der Waals surface area contributed by atoms with Crippen molar-refractivity contribution in [3.05, 3.63) is 12.7 Å². The van der Waals surface area contributed by atoms with Crippen LogP contribution >= 0.6 is 0 Å². The molecule has 1 N–H and O–H groups in total. The number of aliphatic hydroxyl groups excluding tert-OH is 1. The van der Waals surface area contributed by atoms with E-state index in [1.54, 1.807) is 6.08 Å². The highest BCUT2D eigenvalue weighted by atomic mass is 16.5. The van der Waals surface area contributed by atoms with Crippen LogP contribution in [0.2, 0.25) is 0 Å². The van der Waals surface area contributed by atoms with Gasteiger partial charge in [-0.1, -0.05) is 6.08 Å². The largest absolute Gasteiger partial charge is 0.393 e. The van der Waals surface area contributed by atoms with Crippen molar-refractivity contribution in [3.63, 3.8) is 0 Å². The molecule has 0 aromatic heterocycles. The van der Waals surface area contributed by atoms with Crippen molar-refractivity contribution in [2.24, 2.45) is 0 Å². The van der Waals surface area contributed by atoms with E-state index < -0.39 is 0 Å². The molecule has 1 fully saturated rings. The molecule has 0 amide bonds. The molecule has 2 heteroatoms. The first kappa shape index (κ1) is 10.7. The van der Waals surface area contributed by atoms with Crippen molar-refractivity contribution in [2.75, 3.05) is 6.61 Å². The van der Waals surface area contributed by atoms with E-state index in [-0.39, 0.29) is 6.10 Å². The van der Waals surface area contributed by atoms with E-state index in [4.69, 9.17) is 4.74 Å². The third kappa shape index (κ3) is 4.44. The normalized spacial score (nSPS) is 24.5. The van der Waals surface area contributed by atoms with Crippen LogP contribution in [0.1, 0.15) is 38.5 Å². The summed E-state index contributed by atoms with van der Waals surface area (Å²) in [5, 5.41) is 9.41. The van der Waals surface area contributed by atoms with Crippen LogP contribution < -0.4 is 0 Å². The second-order valence-corrected chi connectivity index (χ2v) is 3.74. The lowest BCUT2D eigenvalue weighted by atomic mass is 10.1. The van der Waals surface area contributed by atoms with E-state index in [9.17, 15) is 5.11 Å². The molecular weight excluding hydrogens is 164 g/mol. The predicted molar refractivity (Wildman–Crippen MR) is 53.6 cm³/mol. The van der Waals surface area contributed by atoms with Crippen molar-refractivity contribution in [1.29, 1.82) is 0 Å². The quantitative estimate of drug-likeness (QED) is 0.642. The molecule has 1 heterocycles. The number of aliphatic hydroxyl groups is 1. The van der Waals surface area contributed by atoms with E-state index in [1.165, 1.54) is 12.8 Å². The van der Waals surface area contributed by atoms with E-state index in [0.717, 1.165) is 25.9 Å². The zero-order valence-corrected chi connectivity index (χ0v) is 8.24. The van der Waals surface area contributed by atoms with Crippen LogP contribution in [-0.4, -0.2) is 23.9 Å². The smallest absolute Gasteiger partial charge is 0.0576 e. The lowest BCUT2D eigenvalue weighted by Gasteiger charge is -2.11. The van der Waals surface area contributed by atoms with Crippen LogP contribution in [0.15, 0.2) is 12.7 Å². The first-order valence-electron chi connectivity index (χ1n) is 5.23. The minimum absolute atomic E-state index is 0.195. The van der Waals surface area contributed by atoms with Gasteiger partial charge in [0.05, 0.1) is 12.2 Å². The van der Waals surface area contributed by atoms with Crippen LogP contribution in [0.5, 0.6) is 0 Å². The lowest BCUT2D eigenvalue weighted by Crippen LogP contribution is -2.08. The summed E-state index contributed by atoms with van der Waals surface area (Å²) in [5.74, 6) is 0. The van der Waals surface area contributed by atoms with Gasteiger partial charge in [-0.2, -0.15) is 0 Å². The zero-order chi connectivity index (χ0) is 9.52. The number of ether oxygens (including phenoxy) is 1. The summed E-state index contributed by atoms with van der Waals surface area (Å²) in [7, 11) is 0. The molecule has 0 aromatic carbocycles. The molecule has 1 saturated heterocycles. The molecule has 76 valence electrons. The van der Waals surface area contributed by atoms with E-state index in [1.807, 2.05) is 0 Å². The average molecular weight is 184 g/mol. The second-order valence-electron chi connectivity index (χ2n) is 3.74. The molecule has 13 heavy (non-hydrogen) atoms. The average Bonchev–Trinajstić information content (AvgIpc) is 2.57. The van der Waals surface area contributed by atoms with Crippen molar-refractivity contribution < 1.29 is 9.84 Å². The molecule has 0 aliphatic carbocycles. The monoisotopic (exact) mass is 184 g/mol. The van der Waals surface area contributed by atoms with Crippen LogP contribution in [-0.2, 0) is 4.74 Å². The van der Waals surface area contributed by atoms with Crippen LogP contribution in [0.3, 0.4) is 0 Å². The maximum atomic E-state index is 9.41. The molecule has 0 spiro atoms. The fourth-order valence-corrected chi connectivity index (χ4v) is 1.76. The molecular formula is C11H20O2. The van der Waals surface area contributed by atoms with E-state index in [0.29, 0.717) is 12.5 Å². The van der Waals surface area contributed by atoms with Crippen molar-refractivity contribution in [1.82, 2.24) is 0 Å². The summed E-state index contributed by atoms with van der Waals surface area (Å²) < 4.78 is 5.49. The van der Waals surface area contributed by atoms with Gasteiger partial charge in [-0.25, -0.2) is 0 Å². The van der Waals surface area contributed by atoms with Gasteiger partial charge >= 0.3 is 0 Å². The SMILES string of the molecule is C=CCC(O)CCCC1CCCO1. The van der Waals surface area contributed by atoms with Crippen LogP contribution in [0.25, 0.3) is 0 Å². The molecule has 1 rings (SSSR count). The topological polar surface area (TPSA) is 29.5 Å². The van der Waals surface area contributed by atoms with Gasteiger partial charge in [0.15, 0.2) is 0 Å². The van der Waals surface area contributed by atoms with Gasteiger partial charge in [0.1, 0.15) is 0 Å². The molecule has 0 saturated carbocycles. The van der Waals surface area contributed by atoms with Gasteiger partial charge in [0.2, 0.25) is 0 Å². The van der Waals surface area contributed by atoms with Crippen molar-refractivity contribution in [2.45, 2.75) is 50.7 Å².